The van der Waals surface area contributed by atoms with Gasteiger partial charge in [-0.05, 0) is 12.8 Å². The van der Waals surface area contributed by atoms with Crippen molar-refractivity contribution in [2.45, 2.75) is 25.4 Å². The van der Waals surface area contributed by atoms with Crippen molar-refractivity contribution >= 4 is 17.3 Å². The van der Waals surface area contributed by atoms with Gasteiger partial charge in [0.1, 0.15) is 10.6 Å². The lowest BCUT2D eigenvalue weighted by molar-refractivity contribution is 0.0702. The van der Waals surface area contributed by atoms with Crippen LogP contribution >= 0.6 is 11.3 Å². The predicted octanol–water partition coefficient (Wildman–Crippen LogP) is 2.29. The molecule has 2 aromatic rings. The van der Waals surface area contributed by atoms with Gasteiger partial charge in [0.2, 0.25) is 11.7 Å². The molecular weight excluding hydrogens is 256 g/mol. The molecule has 0 aromatic carbocycles. The number of ether oxygens (including phenoxy) is 1. The zero-order chi connectivity index (χ0) is 12.5. The Morgan fingerprint density at radius 2 is 2.44 bits per heavy atom. The SMILES string of the molecule is O=C(O)c1cc(OCc2noc(C3CC3)n2)cs1. The average molecular weight is 266 g/mol. The Kier molecular flexibility index (Phi) is 2.75. The van der Waals surface area contributed by atoms with Crippen molar-refractivity contribution in [3.05, 3.63) is 28.0 Å². The van der Waals surface area contributed by atoms with Crippen LogP contribution in [0, 0.1) is 0 Å². The van der Waals surface area contributed by atoms with Gasteiger partial charge in [0.05, 0.1) is 0 Å². The third kappa shape index (κ3) is 2.35. The molecule has 0 saturated heterocycles. The minimum atomic E-state index is -0.953. The zero-order valence-electron chi connectivity index (χ0n) is 9.33. The van der Waals surface area contributed by atoms with E-state index >= 15 is 0 Å². The number of hydrogen-bond acceptors (Lipinski definition) is 6. The maximum Gasteiger partial charge on any atom is 0.346 e. The summed E-state index contributed by atoms with van der Waals surface area (Å²) in [5.74, 6) is 1.14. The minimum Gasteiger partial charge on any atom is -0.485 e. The van der Waals surface area contributed by atoms with Crippen LogP contribution in [-0.2, 0) is 6.61 Å². The van der Waals surface area contributed by atoms with Crippen molar-refractivity contribution < 1.29 is 19.2 Å². The first-order valence-corrected chi connectivity index (χ1v) is 6.37. The van der Waals surface area contributed by atoms with Gasteiger partial charge in [0.15, 0.2) is 6.61 Å². The van der Waals surface area contributed by atoms with Gasteiger partial charge < -0.3 is 14.4 Å². The van der Waals surface area contributed by atoms with E-state index in [1.807, 2.05) is 0 Å². The van der Waals surface area contributed by atoms with Gasteiger partial charge in [-0.3, -0.25) is 0 Å². The molecule has 94 valence electrons. The summed E-state index contributed by atoms with van der Waals surface area (Å²) in [4.78, 5) is 15.1. The lowest BCUT2D eigenvalue weighted by Crippen LogP contribution is -1.97. The number of hydrogen-bond donors (Lipinski definition) is 1. The quantitative estimate of drug-likeness (QED) is 0.893. The summed E-state index contributed by atoms with van der Waals surface area (Å²) < 4.78 is 10.5. The fourth-order valence-electron chi connectivity index (χ4n) is 1.48. The first kappa shape index (κ1) is 11.2. The summed E-state index contributed by atoms with van der Waals surface area (Å²) in [7, 11) is 0. The van der Waals surface area contributed by atoms with Crippen molar-refractivity contribution in [3.8, 4) is 5.75 Å². The van der Waals surface area contributed by atoms with Gasteiger partial charge in [0.25, 0.3) is 0 Å². The highest BCUT2D eigenvalue weighted by Crippen LogP contribution is 2.38. The average Bonchev–Trinajstić information content (AvgIpc) is 2.92. The highest BCUT2D eigenvalue weighted by molar-refractivity contribution is 7.12. The van der Waals surface area contributed by atoms with Gasteiger partial charge in [-0.2, -0.15) is 4.98 Å². The fraction of sp³-hybridized carbons (Fsp3) is 0.364. The number of aromatic nitrogens is 2. The molecule has 0 unspecified atom stereocenters. The molecule has 3 rings (SSSR count). The van der Waals surface area contributed by atoms with Crippen LogP contribution in [0.1, 0.15) is 40.1 Å². The summed E-state index contributed by atoms with van der Waals surface area (Å²) in [5, 5.41) is 14.2. The zero-order valence-corrected chi connectivity index (χ0v) is 10.1. The number of carboxylic acids is 1. The van der Waals surface area contributed by atoms with Crippen LogP contribution in [-0.4, -0.2) is 21.2 Å². The highest BCUT2D eigenvalue weighted by Gasteiger charge is 2.29. The molecular formula is C11H10N2O4S. The van der Waals surface area contributed by atoms with Crippen molar-refractivity contribution in [2.75, 3.05) is 0 Å². The van der Waals surface area contributed by atoms with Crippen LogP contribution in [0.2, 0.25) is 0 Å². The number of carboxylic acid groups (broad SMARTS) is 1. The fourth-order valence-corrected chi connectivity index (χ4v) is 2.14. The highest BCUT2D eigenvalue weighted by atomic mass is 32.1. The van der Waals surface area contributed by atoms with Crippen LogP contribution < -0.4 is 4.74 Å². The molecule has 1 fully saturated rings. The first-order valence-electron chi connectivity index (χ1n) is 5.49. The summed E-state index contributed by atoms with van der Waals surface area (Å²) in [5.41, 5.74) is 0. The lowest BCUT2D eigenvalue weighted by Gasteiger charge is -1.97. The van der Waals surface area contributed by atoms with Crippen molar-refractivity contribution in [1.29, 1.82) is 0 Å². The van der Waals surface area contributed by atoms with Gasteiger partial charge in [-0.15, -0.1) is 11.3 Å². The van der Waals surface area contributed by atoms with Crippen molar-refractivity contribution in [1.82, 2.24) is 10.1 Å². The summed E-state index contributed by atoms with van der Waals surface area (Å²) in [6.45, 7) is 0.187. The molecule has 0 aliphatic heterocycles. The summed E-state index contributed by atoms with van der Waals surface area (Å²) in [6, 6.07) is 1.48. The lowest BCUT2D eigenvalue weighted by atomic mass is 10.4. The number of aromatic carboxylic acids is 1. The standard InChI is InChI=1S/C11H10N2O4S/c14-11(15)8-3-7(5-18-8)16-4-9-12-10(17-13-9)6-1-2-6/h3,5-6H,1-2,4H2,(H,14,15). The molecule has 6 nitrogen and oxygen atoms in total. The molecule has 1 saturated carbocycles. The molecule has 1 N–H and O–H groups in total. The van der Waals surface area contributed by atoms with E-state index in [1.165, 1.54) is 6.07 Å². The van der Waals surface area contributed by atoms with E-state index in [4.69, 9.17) is 14.4 Å². The molecule has 0 radical (unpaired) electrons. The monoisotopic (exact) mass is 266 g/mol. The van der Waals surface area contributed by atoms with E-state index in [9.17, 15) is 4.79 Å². The molecule has 1 aliphatic carbocycles. The molecule has 1 aliphatic rings. The van der Waals surface area contributed by atoms with Crippen LogP contribution in [0.5, 0.6) is 5.75 Å². The van der Waals surface area contributed by atoms with Gasteiger partial charge in [0, 0.05) is 17.4 Å². The Labute approximate surface area is 106 Å². The molecule has 0 atom stereocenters. The largest absolute Gasteiger partial charge is 0.485 e. The second-order valence-corrected chi connectivity index (χ2v) is 4.97. The van der Waals surface area contributed by atoms with Gasteiger partial charge >= 0.3 is 5.97 Å². The minimum absolute atomic E-state index is 0.187. The van der Waals surface area contributed by atoms with E-state index in [1.54, 1.807) is 5.38 Å². The maximum absolute atomic E-state index is 10.7. The Morgan fingerprint density at radius 3 is 3.11 bits per heavy atom. The Morgan fingerprint density at radius 1 is 1.61 bits per heavy atom. The van der Waals surface area contributed by atoms with E-state index in [0.29, 0.717) is 23.4 Å². The van der Waals surface area contributed by atoms with E-state index < -0.39 is 5.97 Å². The maximum atomic E-state index is 10.7. The molecule has 18 heavy (non-hydrogen) atoms. The van der Waals surface area contributed by atoms with E-state index in [0.717, 1.165) is 24.2 Å². The van der Waals surface area contributed by atoms with Gasteiger partial charge in [-0.25, -0.2) is 4.79 Å². The summed E-state index contributed by atoms with van der Waals surface area (Å²) >= 11 is 1.12. The second-order valence-electron chi connectivity index (χ2n) is 4.06. The Hall–Kier alpha value is -1.89. The smallest absolute Gasteiger partial charge is 0.346 e. The van der Waals surface area contributed by atoms with Crippen molar-refractivity contribution in [3.63, 3.8) is 0 Å². The van der Waals surface area contributed by atoms with Crippen molar-refractivity contribution in [2.24, 2.45) is 0 Å². The Bertz CT molecular complexity index is 573. The third-order valence-electron chi connectivity index (χ3n) is 2.56. The van der Waals surface area contributed by atoms with Crippen LogP contribution in [0.3, 0.4) is 0 Å². The number of carbonyl (C=O) groups is 1. The molecule has 2 heterocycles. The van der Waals surface area contributed by atoms with Gasteiger partial charge in [-0.1, -0.05) is 5.16 Å². The molecule has 0 spiro atoms. The van der Waals surface area contributed by atoms with Crippen LogP contribution in [0.25, 0.3) is 0 Å². The summed E-state index contributed by atoms with van der Waals surface area (Å²) in [6.07, 6.45) is 2.21. The predicted molar refractivity (Wildman–Crippen MR) is 61.9 cm³/mol. The Balaban J connectivity index is 1.60. The number of thiophene rings is 1. The topological polar surface area (TPSA) is 85.5 Å². The molecule has 0 bridgehead atoms. The number of rotatable bonds is 5. The number of nitrogens with zero attached hydrogens (tertiary/aromatic N) is 2. The molecule has 7 heteroatoms. The molecule has 2 aromatic heterocycles. The van der Waals surface area contributed by atoms with Crippen LogP contribution in [0.15, 0.2) is 16.0 Å². The normalized spacial score (nSPS) is 14.7. The third-order valence-corrected chi connectivity index (χ3v) is 3.46. The van der Waals surface area contributed by atoms with E-state index in [2.05, 4.69) is 10.1 Å². The first-order chi connectivity index (χ1) is 8.72. The molecule has 0 amide bonds. The van der Waals surface area contributed by atoms with E-state index in [-0.39, 0.29) is 11.5 Å². The second kappa shape index (κ2) is 4.41. The van der Waals surface area contributed by atoms with Crippen LogP contribution in [0.4, 0.5) is 0 Å².